The van der Waals surface area contributed by atoms with Crippen LogP contribution in [-0.4, -0.2) is 48.4 Å². The van der Waals surface area contributed by atoms with Crippen molar-refractivity contribution in [2.75, 3.05) is 49.4 Å². The number of anilines is 3. The van der Waals surface area contributed by atoms with Crippen LogP contribution in [0.4, 0.5) is 17.6 Å². The first-order valence-electron chi connectivity index (χ1n) is 8.28. The summed E-state index contributed by atoms with van der Waals surface area (Å²) < 4.78 is 10.8. The van der Waals surface area contributed by atoms with Gasteiger partial charge in [-0.15, -0.1) is 0 Å². The molecule has 3 N–H and O–H groups in total. The predicted octanol–water partition coefficient (Wildman–Crippen LogP) is 1.53. The summed E-state index contributed by atoms with van der Waals surface area (Å²) >= 11 is 0. The molecule has 8 heteroatoms. The van der Waals surface area contributed by atoms with Crippen molar-refractivity contribution in [1.82, 2.24) is 15.0 Å². The fraction of sp³-hybridized carbons (Fsp3) is 0.471. The Kier molecular flexibility index (Phi) is 5.18. The Morgan fingerprint density at radius 3 is 2.76 bits per heavy atom. The molecule has 0 radical (unpaired) electrons. The topological polar surface area (TPSA) is 98.4 Å². The van der Waals surface area contributed by atoms with Crippen LogP contribution >= 0.6 is 0 Å². The maximum atomic E-state index is 5.87. The third-order valence-electron chi connectivity index (χ3n) is 4.25. The maximum Gasteiger partial charge on any atom is 0.223 e. The Labute approximate surface area is 147 Å². The first-order chi connectivity index (χ1) is 12.1. The molecule has 25 heavy (non-hydrogen) atoms. The summed E-state index contributed by atoms with van der Waals surface area (Å²) in [5.74, 6) is 2.60. The Morgan fingerprint density at radius 2 is 2.04 bits per heavy atom. The molecule has 3 rings (SSSR count). The van der Waals surface area contributed by atoms with Crippen molar-refractivity contribution in [3.8, 4) is 5.75 Å². The lowest BCUT2D eigenvalue weighted by molar-refractivity contribution is 0.122. The maximum absolute atomic E-state index is 5.87. The van der Waals surface area contributed by atoms with Gasteiger partial charge in [0.05, 0.1) is 32.6 Å². The quantitative estimate of drug-likeness (QED) is 0.842. The van der Waals surface area contributed by atoms with Gasteiger partial charge in [-0.25, -0.2) is 0 Å². The van der Waals surface area contributed by atoms with E-state index in [2.05, 4.69) is 25.2 Å². The largest absolute Gasteiger partial charge is 0.496 e. The Hall–Kier alpha value is -2.61. The molecule has 1 aliphatic heterocycles. The van der Waals surface area contributed by atoms with Gasteiger partial charge in [-0.2, -0.15) is 9.97 Å². The van der Waals surface area contributed by atoms with Crippen LogP contribution in [0.2, 0.25) is 0 Å². The van der Waals surface area contributed by atoms with Crippen LogP contribution in [0.3, 0.4) is 0 Å². The highest BCUT2D eigenvalue weighted by Gasteiger charge is 2.15. The number of rotatable bonds is 5. The number of nitrogens with zero attached hydrogens (tertiary/aromatic N) is 4. The second-order valence-electron chi connectivity index (χ2n) is 5.97. The minimum absolute atomic E-state index is 0.248. The fourth-order valence-corrected chi connectivity index (χ4v) is 2.92. The van der Waals surface area contributed by atoms with Crippen molar-refractivity contribution in [3.05, 3.63) is 29.1 Å². The highest BCUT2D eigenvalue weighted by Crippen LogP contribution is 2.25. The van der Waals surface area contributed by atoms with E-state index in [1.807, 2.05) is 26.1 Å². The Balaban J connectivity index is 1.76. The molecule has 0 saturated carbocycles. The van der Waals surface area contributed by atoms with E-state index >= 15 is 0 Å². The number of aryl methyl sites for hydroxylation is 1. The molecule has 0 atom stereocenters. The van der Waals surface area contributed by atoms with Crippen molar-refractivity contribution in [2.45, 2.75) is 20.4 Å². The zero-order valence-corrected chi connectivity index (χ0v) is 14.9. The van der Waals surface area contributed by atoms with Crippen LogP contribution < -0.4 is 20.7 Å². The van der Waals surface area contributed by atoms with Crippen molar-refractivity contribution < 1.29 is 9.47 Å². The van der Waals surface area contributed by atoms with Gasteiger partial charge in [0.2, 0.25) is 5.95 Å². The van der Waals surface area contributed by atoms with Gasteiger partial charge in [0.1, 0.15) is 17.4 Å². The minimum atomic E-state index is 0.248. The number of nitrogen functional groups attached to an aromatic ring is 1. The van der Waals surface area contributed by atoms with Crippen LogP contribution in [0.5, 0.6) is 5.75 Å². The van der Waals surface area contributed by atoms with E-state index in [1.165, 1.54) is 0 Å². The van der Waals surface area contributed by atoms with Gasteiger partial charge in [0.25, 0.3) is 0 Å². The molecule has 2 aromatic rings. The molecule has 8 nitrogen and oxygen atoms in total. The van der Waals surface area contributed by atoms with Crippen molar-refractivity contribution in [1.29, 1.82) is 0 Å². The van der Waals surface area contributed by atoms with Gasteiger partial charge in [0, 0.05) is 36.5 Å². The van der Waals surface area contributed by atoms with E-state index in [4.69, 9.17) is 15.2 Å². The summed E-state index contributed by atoms with van der Waals surface area (Å²) in [5, 5.41) is 3.29. The van der Waals surface area contributed by atoms with Crippen LogP contribution in [0.15, 0.2) is 12.3 Å². The zero-order valence-electron chi connectivity index (χ0n) is 14.9. The normalized spacial score (nSPS) is 14.4. The SMILES string of the molecule is COc1c(C)cnc(CNc2cc(N3CCOCC3)nc(N)n2)c1C. The molecule has 134 valence electrons. The van der Waals surface area contributed by atoms with Crippen LogP contribution in [0.25, 0.3) is 0 Å². The lowest BCUT2D eigenvalue weighted by atomic mass is 10.1. The summed E-state index contributed by atoms with van der Waals surface area (Å²) in [4.78, 5) is 15.2. The van der Waals surface area contributed by atoms with Crippen LogP contribution in [0, 0.1) is 13.8 Å². The standard InChI is InChI=1S/C17H24N6O2/c1-11-9-19-13(12(2)16(11)24-3)10-20-14-8-15(22-17(18)21-14)23-4-6-25-7-5-23/h8-9H,4-7,10H2,1-3H3,(H3,18,20,21,22). The van der Waals surface area contributed by atoms with E-state index in [-0.39, 0.29) is 5.95 Å². The number of hydrogen-bond donors (Lipinski definition) is 2. The molecule has 0 amide bonds. The van der Waals surface area contributed by atoms with E-state index in [1.54, 1.807) is 7.11 Å². The number of pyridine rings is 1. The van der Waals surface area contributed by atoms with E-state index in [0.717, 1.165) is 41.5 Å². The molecular weight excluding hydrogens is 320 g/mol. The molecular formula is C17H24N6O2. The lowest BCUT2D eigenvalue weighted by Gasteiger charge is -2.28. The fourth-order valence-electron chi connectivity index (χ4n) is 2.92. The summed E-state index contributed by atoms with van der Waals surface area (Å²) in [6.07, 6.45) is 1.82. The van der Waals surface area contributed by atoms with E-state index < -0.39 is 0 Å². The molecule has 3 heterocycles. The number of aromatic nitrogens is 3. The molecule has 0 bridgehead atoms. The van der Waals surface area contributed by atoms with Crippen LogP contribution in [-0.2, 0) is 11.3 Å². The summed E-state index contributed by atoms with van der Waals surface area (Å²) in [6, 6.07) is 1.91. The molecule has 1 fully saturated rings. The zero-order chi connectivity index (χ0) is 17.8. The second-order valence-corrected chi connectivity index (χ2v) is 5.97. The number of nitrogens with two attached hydrogens (primary N) is 1. The average Bonchev–Trinajstić information content (AvgIpc) is 2.62. The average molecular weight is 344 g/mol. The summed E-state index contributed by atoms with van der Waals surface area (Å²) in [5.41, 5.74) is 8.82. The highest BCUT2D eigenvalue weighted by molar-refractivity contribution is 5.53. The minimum Gasteiger partial charge on any atom is -0.496 e. The van der Waals surface area contributed by atoms with Gasteiger partial charge in [-0.3, -0.25) is 4.98 Å². The molecule has 2 aromatic heterocycles. The first kappa shape index (κ1) is 17.2. The van der Waals surface area contributed by atoms with Crippen molar-refractivity contribution in [2.24, 2.45) is 0 Å². The Morgan fingerprint density at radius 1 is 1.28 bits per heavy atom. The number of morpholine rings is 1. The number of ether oxygens (including phenoxy) is 2. The summed E-state index contributed by atoms with van der Waals surface area (Å²) in [6.45, 7) is 7.50. The van der Waals surface area contributed by atoms with Crippen LogP contribution in [0.1, 0.15) is 16.8 Å². The number of hydrogen-bond acceptors (Lipinski definition) is 8. The first-order valence-corrected chi connectivity index (χ1v) is 8.28. The third kappa shape index (κ3) is 3.90. The smallest absolute Gasteiger partial charge is 0.223 e. The van der Waals surface area contributed by atoms with Gasteiger partial charge >= 0.3 is 0 Å². The molecule has 0 unspecified atom stereocenters. The number of methoxy groups -OCH3 is 1. The lowest BCUT2D eigenvalue weighted by Crippen LogP contribution is -2.37. The summed E-state index contributed by atoms with van der Waals surface area (Å²) in [7, 11) is 1.67. The van der Waals surface area contributed by atoms with E-state index in [0.29, 0.717) is 25.6 Å². The van der Waals surface area contributed by atoms with Crippen molar-refractivity contribution >= 4 is 17.6 Å². The molecule has 1 aliphatic rings. The van der Waals surface area contributed by atoms with Gasteiger partial charge in [0.15, 0.2) is 0 Å². The van der Waals surface area contributed by atoms with Gasteiger partial charge in [-0.05, 0) is 13.8 Å². The predicted molar refractivity (Wildman–Crippen MR) is 97.1 cm³/mol. The number of nitrogens with one attached hydrogen (secondary N) is 1. The monoisotopic (exact) mass is 344 g/mol. The molecule has 0 aliphatic carbocycles. The van der Waals surface area contributed by atoms with E-state index in [9.17, 15) is 0 Å². The third-order valence-corrected chi connectivity index (χ3v) is 4.25. The molecule has 1 saturated heterocycles. The molecule has 0 aromatic carbocycles. The second kappa shape index (κ2) is 7.52. The van der Waals surface area contributed by atoms with Gasteiger partial charge < -0.3 is 25.4 Å². The highest BCUT2D eigenvalue weighted by atomic mass is 16.5. The van der Waals surface area contributed by atoms with Gasteiger partial charge in [-0.1, -0.05) is 0 Å². The molecule has 0 spiro atoms. The van der Waals surface area contributed by atoms with Crippen molar-refractivity contribution in [3.63, 3.8) is 0 Å². The Bertz CT molecular complexity index is 746.